The van der Waals surface area contributed by atoms with Crippen LogP contribution in [0.3, 0.4) is 0 Å². The first-order chi connectivity index (χ1) is 8.29. The molecule has 2 atom stereocenters. The van der Waals surface area contributed by atoms with Crippen molar-refractivity contribution in [3.63, 3.8) is 0 Å². The molecule has 0 radical (unpaired) electrons. The summed E-state index contributed by atoms with van der Waals surface area (Å²) in [5, 5.41) is 0. The number of hydrogen-bond acceptors (Lipinski definition) is 3. The third-order valence-electron chi connectivity index (χ3n) is 3.55. The van der Waals surface area contributed by atoms with Crippen LogP contribution in [-0.4, -0.2) is 49.3 Å². The van der Waals surface area contributed by atoms with Gasteiger partial charge in [-0.1, -0.05) is 6.92 Å². The molecule has 0 aromatic heterocycles. The zero-order valence-corrected chi connectivity index (χ0v) is 10.7. The average molecular weight is 241 g/mol. The van der Waals surface area contributed by atoms with Gasteiger partial charge in [-0.15, -0.1) is 0 Å². The normalized spacial score (nSPS) is 28.5. The van der Waals surface area contributed by atoms with Crippen LogP contribution in [0.2, 0.25) is 0 Å². The molecule has 2 fully saturated rings. The van der Waals surface area contributed by atoms with Gasteiger partial charge in [0.05, 0.1) is 12.2 Å². The summed E-state index contributed by atoms with van der Waals surface area (Å²) in [6.07, 6.45) is 5.47. The van der Waals surface area contributed by atoms with E-state index in [2.05, 4.69) is 0 Å². The van der Waals surface area contributed by atoms with Crippen molar-refractivity contribution < 1.29 is 14.3 Å². The Morgan fingerprint density at radius 3 is 2.00 bits per heavy atom. The third kappa shape index (κ3) is 3.68. The SMILES string of the molecule is CCC(=O)N(CC1CCCO1)CC1CCCO1. The fourth-order valence-electron chi connectivity index (χ4n) is 2.57. The Morgan fingerprint density at radius 1 is 1.12 bits per heavy atom. The van der Waals surface area contributed by atoms with Crippen LogP contribution in [0.1, 0.15) is 39.0 Å². The lowest BCUT2D eigenvalue weighted by Gasteiger charge is -2.27. The van der Waals surface area contributed by atoms with Gasteiger partial charge in [0.15, 0.2) is 0 Å². The van der Waals surface area contributed by atoms with Gasteiger partial charge >= 0.3 is 0 Å². The Morgan fingerprint density at radius 2 is 1.65 bits per heavy atom. The van der Waals surface area contributed by atoms with Crippen molar-refractivity contribution in [3.05, 3.63) is 0 Å². The maximum atomic E-state index is 11.9. The summed E-state index contributed by atoms with van der Waals surface area (Å²) in [7, 11) is 0. The number of carbonyl (C=O) groups is 1. The van der Waals surface area contributed by atoms with Gasteiger partial charge in [-0.05, 0) is 25.7 Å². The molecule has 0 bridgehead atoms. The fourth-order valence-corrected chi connectivity index (χ4v) is 2.57. The van der Waals surface area contributed by atoms with Crippen LogP contribution in [-0.2, 0) is 14.3 Å². The molecule has 98 valence electrons. The monoisotopic (exact) mass is 241 g/mol. The van der Waals surface area contributed by atoms with Crippen LogP contribution < -0.4 is 0 Å². The van der Waals surface area contributed by atoms with Gasteiger partial charge in [0.25, 0.3) is 0 Å². The summed E-state index contributed by atoms with van der Waals surface area (Å²) in [6, 6.07) is 0. The molecule has 4 heteroatoms. The van der Waals surface area contributed by atoms with E-state index in [1.807, 2.05) is 11.8 Å². The van der Waals surface area contributed by atoms with Crippen molar-refractivity contribution in [2.24, 2.45) is 0 Å². The van der Waals surface area contributed by atoms with Crippen LogP contribution >= 0.6 is 0 Å². The lowest BCUT2D eigenvalue weighted by Crippen LogP contribution is -2.41. The molecule has 2 aliphatic rings. The van der Waals surface area contributed by atoms with Crippen molar-refractivity contribution in [2.75, 3.05) is 26.3 Å². The molecule has 4 nitrogen and oxygen atoms in total. The van der Waals surface area contributed by atoms with E-state index in [1.54, 1.807) is 0 Å². The van der Waals surface area contributed by atoms with Gasteiger partial charge in [0.2, 0.25) is 5.91 Å². The third-order valence-corrected chi connectivity index (χ3v) is 3.55. The largest absolute Gasteiger partial charge is 0.376 e. The van der Waals surface area contributed by atoms with E-state index in [0.717, 1.165) is 52.0 Å². The quantitative estimate of drug-likeness (QED) is 0.733. The topological polar surface area (TPSA) is 38.8 Å². The zero-order chi connectivity index (χ0) is 12.1. The van der Waals surface area contributed by atoms with E-state index in [-0.39, 0.29) is 18.1 Å². The molecule has 2 saturated heterocycles. The van der Waals surface area contributed by atoms with E-state index in [4.69, 9.17) is 9.47 Å². The Bertz CT molecular complexity index is 227. The predicted molar refractivity (Wildman–Crippen MR) is 64.8 cm³/mol. The molecular weight excluding hydrogens is 218 g/mol. The summed E-state index contributed by atoms with van der Waals surface area (Å²) in [5.74, 6) is 0.219. The Hall–Kier alpha value is -0.610. The van der Waals surface area contributed by atoms with E-state index < -0.39 is 0 Å². The van der Waals surface area contributed by atoms with Gasteiger partial charge in [0.1, 0.15) is 0 Å². The minimum absolute atomic E-state index is 0.219. The lowest BCUT2D eigenvalue weighted by atomic mass is 10.2. The van der Waals surface area contributed by atoms with Crippen molar-refractivity contribution in [1.82, 2.24) is 4.90 Å². The Balaban J connectivity index is 1.84. The van der Waals surface area contributed by atoms with Crippen LogP contribution in [0.5, 0.6) is 0 Å². The van der Waals surface area contributed by atoms with Crippen LogP contribution in [0, 0.1) is 0 Å². The second-order valence-corrected chi connectivity index (χ2v) is 4.92. The maximum absolute atomic E-state index is 11.9. The van der Waals surface area contributed by atoms with Crippen molar-refractivity contribution >= 4 is 5.91 Å². The molecule has 1 amide bonds. The number of nitrogens with zero attached hydrogens (tertiary/aromatic N) is 1. The molecule has 2 unspecified atom stereocenters. The summed E-state index contributed by atoms with van der Waals surface area (Å²) in [4.78, 5) is 13.8. The number of carbonyl (C=O) groups excluding carboxylic acids is 1. The first kappa shape index (κ1) is 12.8. The van der Waals surface area contributed by atoms with Crippen LogP contribution in [0.25, 0.3) is 0 Å². The number of amides is 1. The predicted octanol–water partition coefficient (Wildman–Crippen LogP) is 1.58. The van der Waals surface area contributed by atoms with Crippen molar-refractivity contribution in [3.8, 4) is 0 Å². The summed E-state index contributed by atoms with van der Waals surface area (Å²) >= 11 is 0. The molecule has 2 heterocycles. The highest BCUT2D eigenvalue weighted by atomic mass is 16.5. The van der Waals surface area contributed by atoms with Crippen molar-refractivity contribution in [2.45, 2.75) is 51.2 Å². The molecule has 0 spiro atoms. The number of rotatable bonds is 5. The van der Waals surface area contributed by atoms with Crippen LogP contribution in [0.15, 0.2) is 0 Å². The maximum Gasteiger partial charge on any atom is 0.222 e. The van der Waals surface area contributed by atoms with E-state index in [1.165, 1.54) is 0 Å². The average Bonchev–Trinajstić information content (AvgIpc) is 3.00. The molecule has 0 aliphatic carbocycles. The van der Waals surface area contributed by atoms with Crippen LogP contribution in [0.4, 0.5) is 0 Å². The molecule has 2 rings (SSSR count). The molecular formula is C13H23NO3. The summed E-state index contributed by atoms with van der Waals surface area (Å²) in [5.41, 5.74) is 0. The van der Waals surface area contributed by atoms with E-state index in [0.29, 0.717) is 6.42 Å². The first-order valence-corrected chi connectivity index (χ1v) is 6.80. The molecule has 0 N–H and O–H groups in total. The second kappa shape index (κ2) is 6.36. The molecule has 0 saturated carbocycles. The van der Waals surface area contributed by atoms with E-state index in [9.17, 15) is 4.79 Å². The molecule has 17 heavy (non-hydrogen) atoms. The Kier molecular flexibility index (Phi) is 4.80. The molecule has 0 aromatic carbocycles. The highest BCUT2D eigenvalue weighted by molar-refractivity contribution is 5.75. The molecule has 0 aromatic rings. The number of hydrogen-bond donors (Lipinski definition) is 0. The zero-order valence-electron chi connectivity index (χ0n) is 10.7. The van der Waals surface area contributed by atoms with Gasteiger partial charge < -0.3 is 14.4 Å². The fraction of sp³-hybridized carbons (Fsp3) is 0.923. The van der Waals surface area contributed by atoms with Gasteiger partial charge in [-0.2, -0.15) is 0 Å². The van der Waals surface area contributed by atoms with Gasteiger partial charge in [-0.3, -0.25) is 4.79 Å². The summed E-state index contributed by atoms with van der Waals surface area (Å²) in [6.45, 7) is 5.09. The van der Waals surface area contributed by atoms with Crippen molar-refractivity contribution in [1.29, 1.82) is 0 Å². The summed E-state index contributed by atoms with van der Waals surface area (Å²) < 4.78 is 11.2. The van der Waals surface area contributed by atoms with Gasteiger partial charge in [-0.25, -0.2) is 0 Å². The minimum atomic E-state index is 0.219. The highest BCUT2D eigenvalue weighted by Gasteiger charge is 2.25. The Labute approximate surface area is 103 Å². The number of ether oxygens (including phenoxy) is 2. The molecule has 2 aliphatic heterocycles. The highest BCUT2D eigenvalue weighted by Crippen LogP contribution is 2.17. The second-order valence-electron chi connectivity index (χ2n) is 4.92. The van der Waals surface area contributed by atoms with Gasteiger partial charge in [0, 0.05) is 32.7 Å². The van der Waals surface area contributed by atoms with E-state index >= 15 is 0 Å². The first-order valence-electron chi connectivity index (χ1n) is 6.80. The minimum Gasteiger partial charge on any atom is -0.376 e. The lowest BCUT2D eigenvalue weighted by molar-refractivity contribution is -0.134. The standard InChI is InChI=1S/C13H23NO3/c1-2-13(15)14(9-11-5-3-7-16-11)10-12-6-4-8-17-12/h11-12H,2-10H2,1H3. The smallest absolute Gasteiger partial charge is 0.222 e.